The molecule has 0 saturated carbocycles. The lowest BCUT2D eigenvalue weighted by Crippen LogP contribution is -2.40. The topological polar surface area (TPSA) is 100 Å². The number of benzene rings is 2. The molecular formula is C23H20N4O3. The summed E-state index contributed by atoms with van der Waals surface area (Å²) in [5.74, 6) is 0.594. The summed E-state index contributed by atoms with van der Waals surface area (Å²) < 4.78 is 5.35. The quantitative estimate of drug-likeness (QED) is 0.426. The number of amides is 2. The van der Waals surface area contributed by atoms with Gasteiger partial charge in [0.25, 0.3) is 0 Å². The third-order valence-electron chi connectivity index (χ3n) is 4.48. The molecule has 4 rings (SSSR count). The summed E-state index contributed by atoms with van der Waals surface area (Å²) in [4.78, 5) is 32.2. The van der Waals surface area contributed by atoms with E-state index in [9.17, 15) is 9.59 Å². The fourth-order valence-electron chi connectivity index (χ4n) is 2.93. The molecule has 2 amide bonds. The number of hydrogen-bond donors (Lipinski definition) is 3. The lowest BCUT2D eigenvalue weighted by Gasteiger charge is -2.13. The number of nitrogens with zero attached hydrogens (tertiary/aromatic N) is 1. The summed E-state index contributed by atoms with van der Waals surface area (Å²) in [6.07, 6.45) is 4.69. The largest absolute Gasteiger partial charge is 0.461 e. The first-order valence-electron chi connectivity index (χ1n) is 9.46. The van der Waals surface area contributed by atoms with Crippen LogP contribution < -0.4 is 10.6 Å². The first-order valence-corrected chi connectivity index (χ1v) is 9.46. The SMILES string of the molecule is CC(NC(=O)/C=C/c1ccccc1)C(=O)Nc1ccc2nc(-c3ccco3)[nH]c2c1. The Morgan fingerprint density at radius 1 is 1.10 bits per heavy atom. The Hall–Kier alpha value is -4.13. The molecule has 30 heavy (non-hydrogen) atoms. The third kappa shape index (κ3) is 4.47. The van der Waals surface area contributed by atoms with Crippen LogP contribution in [0.1, 0.15) is 12.5 Å². The van der Waals surface area contributed by atoms with Crippen LogP contribution in [0.5, 0.6) is 0 Å². The zero-order valence-corrected chi connectivity index (χ0v) is 16.3. The highest BCUT2D eigenvalue weighted by atomic mass is 16.3. The number of carbonyl (C=O) groups is 2. The lowest BCUT2D eigenvalue weighted by molar-refractivity contribution is -0.123. The van der Waals surface area contributed by atoms with Crippen LogP contribution in [0, 0.1) is 0 Å². The number of rotatable bonds is 6. The number of nitrogens with one attached hydrogen (secondary N) is 3. The molecule has 1 atom stereocenters. The van der Waals surface area contributed by atoms with Crippen LogP contribution in [-0.2, 0) is 9.59 Å². The normalized spacial score (nSPS) is 12.2. The molecule has 2 aromatic heterocycles. The summed E-state index contributed by atoms with van der Waals surface area (Å²) in [6, 6.07) is 17.7. The number of anilines is 1. The summed E-state index contributed by atoms with van der Waals surface area (Å²) in [6.45, 7) is 1.63. The monoisotopic (exact) mass is 400 g/mol. The van der Waals surface area contributed by atoms with Crippen LogP contribution in [0.3, 0.4) is 0 Å². The molecule has 7 nitrogen and oxygen atoms in total. The number of aromatic nitrogens is 2. The van der Waals surface area contributed by atoms with Gasteiger partial charge in [-0.05, 0) is 48.9 Å². The van der Waals surface area contributed by atoms with E-state index in [1.165, 1.54) is 6.08 Å². The van der Waals surface area contributed by atoms with Crippen molar-refractivity contribution in [3.8, 4) is 11.6 Å². The van der Waals surface area contributed by atoms with E-state index < -0.39 is 6.04 Å². The molecule has 0 fully saturated rings. The maximum absolute atomic E-state index is 12.5. The molecule has 0 bridgehead atoms. The minimum atomic E-state index is -0.700. The highest BCUT2D eigenvalue weighted by Gasteiger charge is 2.15. The van der Waals surface area contributed by atoms with Gasteiger partial charge in [-0.3, -0.25) is 9.59 Å². The van der Waals surface area contributed by atoms with Gasteiger partial charge in [-0.25, -0.2) is 4.98 Å². The minimum Gasteiger partial charge on any atom is -0.461 e. The van der Waals surface area contributed by atoms with Gasteiger partial charge in [0.1, 0.15) is 6.04 Å². The predicted molar refractivity (Wildman–Crippen MR) is 116 cm³/mol. The molecule has 3 N–H and O–H groups in total. The predicted octanol–water partition coefficient (Wildman–Crippen LogP) is 3.98. The van der Waals surface area contributed by atoms with Gasteiger partial charge in [0.05, 0.1) is 17.3 Å². The molecule has 0 aliphatic heterocycles. The van der Waals surface area contributed by atoms with Crippen molar-refractivity contribution in [1.29, 1.82) is 0 Å². The molecule has 0 radical (unpaired) electrons. The summed E-state index contributed by atoms with van der Waals surface area (Å²) in [5.41, 5.74) is 3.03. The first-order chi connectivity index (χ1) is 14.6. The van der Waals surface area contributed by atoms with Crippen LogP contribution in [0.25, 0.3) is 28.7 Å². The number of carbonyl (C=O) groups excluding carboxylic acids is 2. The van der Waals surface area contributed by atoms with Crippen LogP contribution in [-0.4, -0.2) is 27.8 Å². The van der Waals surface area contributed by atoms with E-state index in [0.29, 0.717) is 17.3 Å². The van der Waals surface area contributed by atoms with E-state index in [2.05, 4.69) is 20.6 Å². The number of furan rings is 1. The zero-order chi connectivity index (χ0) is 20.9. The zero-order valence-electron chi connectivity index (χ0n) is 16.3. The second-order valence-corrected chi connectivity index (χ2v) is 6.76. The Balaban J connectivity index is 1.38. The Labute approximate surface area is 172 Å². The smallest absolute Gasteiger partial charge is 0.246 e. The van der Waals surface area contributed by atoms with Crippen molar-refractivity contribution in [2.45, 2.75) is 13.0 Å². The molecule has 2 heterocycles. The first kappa shape index (κ1) is 19.2. The fourth-order valence-corrected chi connectivity index (χ4v) is 2.93. The van der Waals surface area contributed by atoms with Crippen molar-refractivity contribution in [3.05, 3.63) is 78.6 Å². The van der Waals surface area contributed by atoms with E-state index in [1.54, 1.807) is 43.5 Å². The van der Waals surface area contributed by atoms with Gasteiger partial charge >= 0.3 is 0 Å². The summed E-state index contributed by atoms with van der Waals surface area (Å²) in [5, 5.41) is 5.47. The molecule has 4 aromatic rings. The van der Waals surface area contributed by atoms with Crippen molar-refractivity contribution in [2.75, 3.05) is 5.32 Å². The summed E-state index contributed by atoms with van der Waals surface area (Å²) >= 11 is 0. The van der Waals surface area contributed by atoms with E-state index in [-0.39, 0.29) is 11.8 Å². The second-order valence-electron chi connectivity index (χ2n) is 6.76. The minimum absolute atomic E-state index is 0.318. The summed E-state index contributed by atoms with van der Waals surface area (Å²) in [7, 11) is 0. The average Bonchev–Trinajstić information content (AvgIpc) is 3.42. The molecule has 0 aliphatic rings. The molecule has 150 valence electrons. The molecule has 7 heteroatoms. The number of imidazole rings is 1. The van der Waals surface area contributed by atoms with Crippen molar-refractivity contribution < 1.29 is 14.0 Å². The maximum Gasteiger partial charge on any atom is 0.246 e. The third-order valence-corrected chi connectivity index (χ3v) is 4.48. The highest BCUT2D eigenvalue weighted by Crippen LogP contribution is 2.23. The van der Waals surface area contributed by atoms with E-state index in [0.717, 1.165) is 16.6 Å². The average molecular weight is 400 g/mol. The second kappa shape index (κ2) is 8.48. The molecule has 0 saturated heterocycles. The van der Waals surface area contributed by atoms with Gasteiger partial charge in [-0.2, -0.15) is 0 Å². The van der Waals surface area contributed by atoms with Crippen molar-refractivity contribution in [2.24, 2.45) is 0 Å². The maximum atomic E-state index is 12.5. The van der Waals surface area contributed by atoms with Crippen molar-refractivity contribution >= 4 is 34.6 Å². The van der Waals surface area contributed by atoms with E-state index in [1.807, 2.05) is 36.4 Å². The molecule has 0 aliphatic carbocycles. The Morgan fingerprint density at radius 3 is 2.70 bits per heavy atom. The van der Waals surface area contributed by atoms with Gasteiger partial charge in [-0.15, -0.1) is 0 Å². The molecular weight excluding hydrogens is 380 g/mol. The van der Waals surface area contributed by atoms with Crippen molar-refractivity contribution in [3.63, 3.8) is 0 Å². The van der Waals surface area contributed by atoms with E-state index in [4.69, 9.17) is 4.42 Å². The lowest BCUT2D eigenvalue weighted by atomic mass is 10.2. The Kier molecular flexibility index (Phi) is 5.43. The van der Waals surface area contributed by atoms with Gasteiger partial charge in [0, 0.05) is 11.8 Å². The Morgan fingerprint density at radius 2 is 1.93 bits per heavy atom. The number of aromatic amines is 1. The molecule has 1 unspecified atom stereocenters. The number of fused-ring (bicyclic) bond motifs is 1. The fraction of sp³-hybridized carbons (Fsp3) is 0.0870. The molecule has 2 aromatic carbocycles. The van der Waals surface area contributed by atoms with E-state index >= 15 is 0 Å². The number of H-pyrrole nitrogens is 1. The standard InChI is InChI=1S/C23H20N4O3/c1-15(24-21(28)12-9-16-6-3-2-4-7-16)23(29)25-17-10-11-18-19(14-17)27-22(26-18)20-8-5-13-30-20/h2-15H,1H3,(H,24,28)(H,25,29)(H,26,27)/b12-9+. The highest BCUT2D eigenvalue weighted by molar-refractivity contribution is 6.00. The molecule has 0 spiro atoms. The number of hydrogen-bond acceptors (Lipinski definition) is 4. The van der Waals surface area contributed by atoms with Crippen LogP contribution in [0.4, 0.5) is 5.69 Å². The van der Waals surface area contributed by atoms with Gasteiger partial charge in [0.2, 0.25) is 11.8 Å². The van der Waals surface area contributed by atoms with Crippen LogP contribution >= 0.6 is 0 Å². The van der Waals surface area contributed by atoms with Gasteiger partial charge < -0.3 is 20.0 Å². The Bertz CT molecular complexity index is 1190. The van der Waals surface area contributed by atoms with Crippen LogP contribution in [0.2, 0.25) is 0 Å². The van der Waals surface area contributed by atoms with Gasteiger partial charge in [0.15, 0.2) is 11.6 Å². The van der Waals surface area contributed by atoms with Crippen molar-refractivity contribution in [1.82, 2.24) is 15.3 Å². The van der Waals surface area contributed by atoms with Crippen LogP contribution in [0.15, 0.2) is 77.4 Å². The van der Waals surface area contributed by atoms with Gasteiger partial charge in [-0.1, -0.05) is 30.3 Å².